The van der Waals surface area contributed by atoms with Crippen molar-refractivity contribution in [2.75, 3.05) is 26.3 Å². The van der Waals surface area contributed by atoms with Crippen LogP contribution in [0.4, 0.5) is 0 Å². The maximum Gasteiger partial charge on any atom is 0.0431 e. The molecule has 0 heterocycles. The van der Waals surface area contributed by atoms with Crippen LogP contribution < -0.4 is 11.5 Å². The molecule has 0 aromatic heterocycles. The Labute approximate surface area is 100 Å². The first-order valence-corrected chi connectivity index (χ1v) is 6.45. The Morgan fingerprint density at radius 3 is 1.06 bits per heavy atom. The van der Waals surface area contributed by atoms with Gasteiger partial charge < -0.3 is 21.7 Å². The lowest BCUT2D eigenvalue weighted by atomic mass is 10.2. The van der Waals surface area contributed by atoms with Gasteiger partial charge in [0.1, 0.15) is 0 Å². The second kappa shape index (κ2) is 20.3. The first-order valence-electron chi connectivity index (χ1n) is 6.45. The Balaban J connectivity index is 0. The van der Waals surface area contributed by atoms with Crippen molar-refractivity contribution in [2.24, 2.45) is 11.5 Å². The number of aliphatic hydroxyl groups is 2. The second-order valence-corrected chi connectivity index (χ2v) is 3.85. The molecule has 0 bridgehead atoms. The highest BCUT2D eigenvalue weighted by atomic mass is 16.3. The molecule has 0 aliphatic heterocycles. The van der Waals surface area contributed by atoms with E-state index in [1.54, 1.807) is 0 Å². The van der Waals surface area contributed by atoms with Crippen molar-refractivity contribution >= 4 is 0 Å². The van der Waals surface area contributed by atoms with E-state index in [2.05, 4.69) is 0 Å². The molecule has 0 unspecified atom stereocenters. The molecule has 4 heteroatoms. The Kier molecular flexibility index (Phi) is 23.1. The highest BCUT2D eigenvalue weighted by molar-refractivity contribution is 4.43. The molecule has 0 fully saturated rings. The molecular formula is C12H30N2O2. The summed E-state index contributed by atoms with van der Waals surface area (Å²) in [4.78, 5) is 0. The lowest BCUT2D eigenvalue weighted by Crippen LogP contribution is -2.00. The highest BCUT2D eigenvalue weighted by Gasteiger charge is 1.85. The number of hydrogen-bond donors (Lipinski definition) is 4. The summed E-state index contributed by atoms with van der Waals surface area (Å²) in [6.45, 7) is 2.21. The standard InChI is InChI=1S/C6H16N2.C6H14O2/c2*7-5-3-1-2-4-6-8/h1-8H2;7-8H,1-6H2. The lowest BCUT2D eigenvalue weighted by Gasteiger charge is -1.94. The van der Waals surface area contributed by atoms with E-state index in [0.717, 1.165) is 51.6 Å². The zero-order valence-corrected chi connectivity index (χ0v) is 10.5. The molecule has 0 radical (unpaired) electrons. The van der Waals surface area contributed by atoms with Crippen LogP contribution in [0.5, 0.6) is 0 Å². The zero-order chi connectivity index (χ0) is 12.5. The van der Waals surface area contributed by atoms with Crippen LogP contribution in [0.15, 0.2) is 0 Å². The molecule has 0 amide bonds. The normalized spacial score (nSPS) is 9.75. The SMILES string of the molecule is NCCCCCCN.OCCCCCCO. The van der Waals surface area contributed by atoms with E-state index in [1.165, 1.54) is 12.8 Å². The molecule has 0 saturated carbocycles. The van der Waals surface area contributed by atoms with Gasteiger partial charge in [-0.1, -0.05) is 25.7 Å². The number of rotatable bonds is 10. The third-order valence-corrected chi connectivity index (χ3v) is 2.22. The summed E-state index contributed by atoms with van der Waals surface area (Å²) < 4.78 is 0. The van der Waals surface area contributed by atoms with Crippen molar-refractivity contribution in [3.05, 3.63) is 0 Å². The molecule has 0 aliphatic carbocycles. The van der Waals surface area contributed by atoms with E-state index in [1.807, 2.05) is 0 Å². The van der Waals surface area contributed by atoms with Crippen LogP contribution in [0.3, 0.4) is 0 Å². The highest BCUT2D eigenvalue weighted by Crippen LogP contribution is 1.96. The number of aliphatic hydroxyl groups excluding tert-OH is 2. The summed E-state index contributed by atoms with van der Waals surface area (Å²) in [6.07, 6.45) is 8.62. The second-order valence-electron chi connectivity index (χ2n) is 3.85. The summed E-state index contributed by atoms with van der Waals surface area (Å²) >= 11 is 0. The molecule has 4 nitrogen and oxygen atoms in total. The fraction of sp³-hybridized carbons (Fsp3) is 1.00. The fourth-order valence-electron chi connectivity index (χ4n) is 1.22. The van der Waals surface area contributed by atoms with Crippen LogP contribution in [-0.2, 0) is 0 Å². The van der Waals surface area contributed by atoms with Crippen LogP contribution in [0.2, 0.25) is 0 Å². The van der Waals surface area contributed by atoms with Crippen molar-refractivity contribution in [1.82, 2.24) is 0 Å². The molecule has 100 valence electrons. The van der Waals surface area contributed by atoms with E-state index in [4.69, 9.17) is 21.7 Å². The number of nitrogens with two attached hydrogens (primary N) is 2. The molecular weight excluding hydrogens is 204 g/mol. The van der Waals surface area contributed by atoms with Gasteiger partial charge >= 0.3 is 0 Å². The quantitative estimate of drug-likeness (QED) is 0.424. The monoisotopic (exact) mass is 234 g/mol. The van der Waals surface area contributed by atoms with Crippen LogP contribution in [-0.4, -0.2) is 36.5 Å². The molecule has 16 heavy (non-hydrogen) atoms. The van der Waals surface area contributed by atoms with Gasteiger partial charge in [0.2, 0.25) is 0 Å². The van der Waals surface area contributed by atoms with Crippen molar-refractivity contribution in [1.29, 1.82) is 0 Å². The Morgan fingerprint density at radius 1 is 0.500 bits per heavy atom. The van der Waals surface area contributed by atoms with E-state index in [-0.39, 0.29) is 13.2 Å². The molecule has 0 aliphatic rings. The summed E-state index contributed by atoms with van der Waals surface area (Å²) in [5.74, 6) is 0. The maximum absolute atomic E-state index is 8.30. The minimum atomic E-state index is 0.283. The van der Waals surface area contributed by atoms with Gasteiger partial charge in [-0.2, -0.15) is 0 Å². The van der Waals surface area contributed by atoms with Crippen LogP contribution in [0.1, 0.15) is 51.4 Å². The first-order chi connectivity index (χ1) is 7.83. The van der Waals surface area contributed by atoms with Crippen LogP contribution >= 0.6 is 0 Å². The van der Waals surface area contributed by atoms with Gasteiger partial charge in [0.15, 0.2) is 0 Å². The van der Waals surface area contributed by atoms with Gasteiger partial charge in [0, 0.05) is 13.2 Å². The third kappa shape index (κ3) is 23.6. The Hall–Kier alpha value is -0.160. The van der Waals surface area contributed by atoms with E-state index >= 15 is 0 Å². The summed E-state index contributed by atoms with van der Waals surface area (Å²) in [5.41, 5.74) is 10.6. The van der Waals surface area contributed by atoms with Crippen LogP contribution in [0.25, 0.3) is 0 Å². The lowest BCUT2D eigenvalue weighted by molar-refractivity contribution is 0.265. The topological polar surface area (TPSA) is 92.5 Å². The van der Waals surface area contributed by atoms with Gasteiger partial charge in [-0.3, -0.25) is 0 Å². The van der Waals surface area contributed by atoms with Gasteiger partial charge in [0.25, 0.3) is 0 Å². The van der Waals surface area contributed by atoms with Gasteiger partial charge in [-0.15, -0.1) is 0 Å². The first kappa shape index (κ1) is 18.2. The van der Waals surface area contributed by atoms with Gasteiger partial charge in [-0.05, 0) is 38.8 Å². The third-order valence-electron chi connectivity index (χ3n) is 2.22. The van der Waals surface area contributed by atoms with Crippen LogP contribution in [0, 0.1) is 0 Å². The van der Waals surface area contributed by atoms with Crippen molar-refractivity contribution in [3.63, 3.8) is 0 Å². The molecule has 0 rings (SSSR count). The molecule has 0 atom stereocenters. The fourth-order valence-corrected chi connectivity index (χ4v) is 1.22. The van der Waals surface area contributed by atoms with Crippen molar-refractivity contribution < 1.29 is 10.2 Å². The molecule has 6 N–H and O–H groups in total. The summed E-state index contributed by atoms with van der Waals surface area (Å²) in [5, 5.41) is 16.6. The molecule has 0 saturated heterocycles. The average Bonchev–Trinajstić information content (AvgIpc) is 2.31. The molecule has 0 aromatic carbocycles. The maximum atomic E-state index is 8.30. The van der Waals surface area contributed by atoms with Crippen molar-refractivity contribution in [3.8, 4) is 0 Å². The zero-order valence-electron chi connectivity index (χ0n) is 10.5. The largest absolute Gasteiger partial charge is 0.396 e. The minimum Gasteiger partial charge on any atom is -0.396 e. The predicted molar refractivity (Wildman–Crippen MR) is 69.2 cm³/mol. The predicted octanol–water partition coefficient (Wildman–Crippen LogP) is 0.996. The van der Waals surface area contributed by atoms with E-state index in [9.17, 15) is 0 Å². The average molecular weight is 234 g/mol. The Morgan fingerprint density at radius 2 is 0.812 bits per heavy atom. The van der Waals surface area contributed by atoms with Gasteiger partial charge in [-0.25, -0.2) is 0 Å². The summed E-state index contributed by atoms with van der Waals surface area (Å²) in [7, 11) is 0. The summed E-state index contributed by atoms with van der Waals surface area (Å²) in [6, 6.07) is 0. The number of hydrogen-bond acceptors (Lipinski definition) is 4. The van der Waals surface area contributed by atoms with Gasteiger partial charge in [0.05, 0.1) is 0 Å². The van der Waals surface area contributed by atoms with E-state index in [0.29, 0.717) is 0 Å². The molecule has 0 aromatic rings. The van der Waals surface area contributed by atoms with E-state index < -0.39 is 0 Å². The minimum absolute atomic E-state index is 0.283. The molecule has 0 spiro atoms. The van der Waals surface area contributed by atoms with Crippen molar-refractivity contribution in [2.45, 2.75) is 51.4 Å². The Bertz CT molecular complexity index is 79.0. The number of unbranched alkanes of at least 4 members (excludes halogenated alkanes) is 6. The smallest absolute Gasteiger partial charge is 0.0431 e.